The Labute approximate surface area is 219 Å². The largest absolute Gasteiger partial charge is 0.478 e. The van der Waals surface area contributed by atoms with Crippen LogP contribution in [0.1, 0.15) is 107 Å². The van der Waals surface area contributed by atoms with Gasteiger partial charge in [-0.1, -0.05) is 71.6 Å². The average Bonchev–Trinajstić information content (AvgIpc) is 3.36. The first-order valence-electron chi connectivity index (χ1n) is 13.7. The van der Waals surface area contributed by atoms with E-state index >= 15 is 0 Å². The monoisotopic (exact) mass is 514 g/mol. The van der Waals surface area contributed by atoms with Gasteiger partial charge in [0, 0.05) is 18.5 Å². The van der Waals surface area contributed by atoms with Crippen molar-refractivity contribution in [1.29, 1.82) is 0 Å². The van der Waals surface area contributed by atoms with Crippen molar-refractivity contribution in [2.75, 3.05) is 6.54 Å². The lowest BCUT2D eigenvalue weighted by molar-refractivity contribution is -0.129. The van der Waals surface area contributed by atoms with Gasteiger partial charge in [0.15, 0.2) is 0 Å². The molecule has 37 heavy (non-hydrogen) atoms. The summed E-state index contributed by atoms with van der Waals surface area (Å²) in [5.74, 6) is -1.01. The second-order valence-electron chi connectivity index (χ2n) is 9.43. The second kappa shape index (κ2) is 17.3. The van der Waals surface area contributed by atoms with Crippen LogP contribution in [-0.4, -0.2) is 45.7 Å². The van der Waals surface area contributed by atoms with E-state index in [1.165, 1.54) is 37.8 Å². The van der Waals surface area contributed by atoms with E-state index in [4.69, 9.17) is 9.52 Å². The molecule has 0 saturated heterocycles. The van der Waals surface area contributed by atoms with Crippen LogP contribution in [0.2, 0.25) is 0 Å². The molecule has 9 nitrogen and oxygen atoms in total. The quantitative estimate of drug-likeness (QED) is 0.217. The maximum atomic E-state index is 12.9. The second-order valence-corrected chi connectivity index (χ2v) is 9.43. The lowest BCUT2D eigenvalue weighted by Gasteiger charge is -2.17. The standard InChI is InChI=1S/C28H42N4O5/c1-3-5-7-9-10-11-12-14-24(33)30-23(26(34)29-19-13-8-6-4-2)20-25-31-32-27(37-25)21-15-17-22(18-16-21)28(35)36/h15-18,23H,3-14,19-20H2,1-2H3,(H,29,34)(H,30,33)(H,35,36)/t23-/m0/s1. The summed E-state index contributed by atoms with van der Waals surface area (Å²) in [6.07, 6.45) is 12.4. The molecule has 3 N–H and O–H groups in total. The smallest absolute Gasteiger partial charge is 0.335 e. The number of hydrogen-bond acceptors (Lipinski definition) is 6. The Kier molecular flexibility index (Phi) is 14.0. The van der Waals surface area contributed by atoms with E-state index < -0.39 is 12.0 Å². The summed E-state index contributed by atoms with van der Waals surface area (Å²) in [5.41, 5.74) is 0.728. The van der Waals surface area contributed by atoms with Gasteiger partial charge in [-0.2, -0.15) is 0 Å². The molecule has 1 aromatic carbocycles. The van der Waals surface area contributed by atoms with Crippen LogP contribution in [0.25, 0.3) is 11.5 Å². The number of hydrogen-bond donors (Lipinski definition) is 3. The third-order valence-electron chi connectivity index (χ3n) is 6.21. The topological polar surface area (TPSA) is 134 Å². The van der Waals surface area contributed by atoms with Gasteiger partial charge in [-0.3, -0.25) is 9.59 Å². The number of unbranched alkanes of at least 4 members (excludes halogenated alkanes) is 9. The molecule has 0 saturated carbocycles. The Morgan fingerprint density at radius 2 is 1.49 bits per heavy atom. The zero-order valence-electron chi connectivity index (χ0n) is 22.3. The van der Waals surface area contributed by atoms with Gasteiger partial charge in [0.25, 0.3) is 0 Å². The summed E-state index contributed by atoms with van der Waals surface area (Å²) in [5, 5.41) is 22.9. The minimum atomic E-state index is -1.02. The van der Waals surface area contributed by atoms with Gasteiger partial charge in [0.1, 0.15) is 6.04 Å². The molecule has 0 aliphatic rings. The number of rotatable bonds is 19. The van der Waals surface area contributed by atoms with Crippen LogP contribution in [0.15, 0.2) is 28.7 Å². The molecule has 0 radical (unpaired) electrons. The van der Waals surface area contributed by atoms with E-state index in [0.717, 1.165) is 44.9 Å². The van der Waals surface area contributed by atoms with Gasteiger partial charge in [-0.15, -0.1) is 10.2 Å². The molecule has 0 spiro atoms. The molecule has 2 rings (SSSR count). The first-order valence-corrected chi connectivity index (χ1v) is 13.7. The molecule has 0 fully saturated rings. The Morgan fingerprint density at radius 3 is 2.14 bits per heavy atom. The molecule has 204 valence electrons. The van der Waals surface area contributed by atoms with Gasteiger partial charge < -0.3 is 20.2 Å². The van der Waals surface area contributed by atoms with Crippen molar-refractivity contribution in [1.82, 2.24) is 20.8 Å². The molecular formula is C28H42N4O5. The van der Waals surface area contributed by atoms with E-state index in [1.54, 1.807) is 12.1 Å². The van der Waals surface area contributed by atoms with Crippen molar-refractivity contribution >= 4 is 17.8 Å². The molecular weight excluding hydrogens is 472 g/mol. The van der Waals surface area contributed by atoms with Crippen LogP contribution in [0.5, 0.6) is 0 Å². The Bertz CT molecular complexity index is 958. The average molecular weight is 515 g/mol. The molecule has 2 aromatic rings. The molecule has 0 aliphatic carbocycles. The zero-order chi connectivity index (χ0) is 26.9. The summed E-state index contributed by atoms with van der Waals surface area (Å²) in [6, 6.07) is 5.28. The molecule has 0 bridgehead atoms. The number of aromatic carboxylic acids is 1. The summed E-state index contributed by atoms with van der Waals surface area (Å²) >= 11 is 0. The lowest BCUT2D eigenvalue weighted by atomic mass is 10.1. The van der Waals surface area contributed by atoms with Crippen molar-refractivity contribution in [3.05, 3.63) is 35.7 Å². The summed E-state index contributed by atoms with van der Waals surface area (Å²) in [4.78, 5) is 36.6. The number of aromatic nitrogens is 2. The molecule has 0 aliphatic heterocycles. The minimum absolute atomic E-state index is 0.0732. The maximum absolute atomic E-state index is 12.9. The van der Waals surface area contributed by atoms with Crippen molar-refractivity contribution in [3.8, 4) is 11.5 Å². The summed E-state index contributed by atoms with van der Waals surface area (Å²) in [7, 11) is 0. The number of carbonyl (C=O) groups is 3. The van der Waals surface area contributed by atoms with Gasteiger partial charge in [-0.05, 0) is 37.1 Å². The maximum Gasteiger partial charge on any atom is 0.335 e. The highest BCUT2D eigenvalue weighted by molar-refractivity contribution is 5.88. The molecule has 1 atom stereocenters. The summed E-state index contributed by atoms with van der Waals surface area (Å²) < 4.78 is 5.73. The number of benzene rings is 1. The molecule has 0 unspecified atom stereocenters. The van der Waals surface area contributed by atoms with Gasteiger partial charge in [0.05, 0.1) is 12.0 Å². The van der Waals surface area contributed by atoms with E-state index in [9.17, 15) is 14.4 Å². The Balaban J connectivity index is 1.95. The highest BCUT2D eigenvalue weighted by atomic mass is 16.4. The molecule has 1 heterocycles. The first-order chi connectivity index (χ1) is 17.9. The van der Waals surface area contributed by atoms with E-state index in [2.05, 4.69) is 34.7 Å². The fourth-order valence-corrected chi connectivity index (χ4v) is 3.99. The number of nitrogens with zero attached hydrogens (tertiary/aromatic N) is 2. The van der Waals surface area contributed by atoms with Crippen LogP contribution < -0.4 is 10.6 Å². The van der Waals surface area contributed by atoms with E-state index in [-0.39, 0.29) is 35.6 Å². The van der Waals surface area contributed by atoms with E-state index in [0.29, 0.717) is 18.5 Å². The van der Waals surface area contributed by atoms with Gasteiger partial charge >= 0.3 is 5.97 Å². The van der Waals surface area contributed by atoms with Crippen LogP contribution in [-0.2, 0) is 16.0 Å². The van der Waals surface area contributed by atoms with Crippen LogP contribution >= 0.6 is 0 Å². The SMILES string of the molecule is CCCCCCCCCC(=O)N[C@@H](Cc1nnc(-c2ccc(C(=O)O)cc2)o1)C(=O)NCCCCCC. The fraction of sp³-hybridized carbons (Fsp3) is 0.607. The van der Waals surface area contributed by atoms with Gasteiger partial charge in [0.2, 0.25) is 23.6 Å². The van der Waals surface area contributed by atoms with Crippen molar-refractivity contribution in [2.24, 2.45) is 0 Å². The third-order valence-corrected chi connectivity index (χ3v) is 6.21. The van der Waals surface area contributed by atoms with Crippen molar-refractivity contribution in [3.63, 3.8) is 0 Å². The van der Waals surface area contributed by atoms with E-state index in [1.807, 2.05) is 0 Å². The van der Waals surface area contributed by atoms with Gasteiger partial charge in [-0.25, -0.2) is 4.79 Å². The number of carboxylic acid groups (broad SMARTS) is 1. The highest BCUT2D eigenvalue weighted by Crippen LogP contribution is 2.19. The van der Waals surface area contributed by atoms with Crippen LogP contribution in [0.3, 0.4) is 0 Å². The van der Waals surface area contributed by atoms with Crippen LogP contribution in [0, 0.1) is 0 Å². The number of nitrogens with one attached hydrogen (secondary N) is 2. The lowest BCUT2D eigenvalue weighted by Crippen LogP contribution is -2.48. The predicted molar refractivity (Wildman–Crippen MR) is 142 cm³/mol. The summed E-state index contributed by atoms with van der Waals surface area (Å²) in [6.45, 7) is 4.87. The zero-order valence-corrected chi connectivity index (χ0v) is 22.3. The highest BCUT2D eigenvalue weighted by Gasteiger charge is 2.24. The first kappa shape index (κ1) is 30.0. The van der Waals surface area contributed by atoms with Crippen molar-refractivity contribution < 1.29 is 23.9 Å². The molecule has 1 aromatic heterocycles. The number of carboxylic acids is 1. The normalized spacial score (nSPS) is 11.7. The fourth-order valence-electron chi connectivity index (χ4n) is 3.99. The van der Waals surface area contributed by atoms with Crippen LogP contribution in [0.4, 0.5) is 0 Å². The minimum Gasteiger partial charge on any atom is -0.478 e. The number of amides is 2. The predicted octanol–water partition coefficient (Wildman–Crippen LogP) is 5.30. The third kappa shape index (κ3) is 11.6. The molecule has 2 amide bonds. The number of carbonyl (C=O) groups excluding carboxylic acids is 2. The van der Waals surface area contributed by atoms with Crippen molar-refractivity contribution in [2.45, 2.75) is 103 Å². The Morgan fingerprint density at radius 1 is 0.865 bits per heavy atom. The molecule has 9 heteroatoms. The Hall–Kier alpha value is -3.23.